The predicted octanol–water partition coefficient (Wildman–Crippen LogP) is 3.62. The fourth-order valence-electron chi connectivity index (χ4n) is 1.71. The molecule has 0 spiro atoms. The summed E-state index contributed by atoms with van der Waals surface area (Å²) in [5.74, 6) is -0.635. The Morgan fingerprint density at radius 3 is 2.73 bits per heavy atom. The summed E-state index contributed by atoms with van der Waals surface area (Å²) in [5, 5.41) is 14.2. The molecule has 0 radical (unpaired) electrons. The van der Waals surface area contributed by atoms with Crippen molar-refractivity contribution in [3.63, 3.8) is 0 Å². The summed E-state index contributed by atoms with van der Waals surface area (Å²) in [4.78, 5) is 16.4. The van der Waals surface area contributed by atoms with E-state index in [9.17, 15) is 9.18 Å². The zero-order valence-corrected chi connectivity index (χ0v) is 13.2. The Kier molecular flexibility index (Phi) is 4.21. The van der Waals surface area contributed by atoms with Crippen molar-refractivity contribution in [2.24, 2.45) is 0 Å². The van der Waals surface area contributed by atoms with Crippen molar-refractivity contribution in [1.29, 1.82) is 0 Å². The molecule has 1 aromatic carbocycles. The van der Waals surface area contributed by atoms with Gasteiger partial charge >= 0.3 is 0 Å². The lowest BCUT2D eigenvalue weighted by molar-refractivity contribution is 0.102. The van der Waals surface area contributed by atoms with Gasteiger partial charge in [-0.25, -0.2) is 9.37 Å². The molecule has 0 atom stereocenters. The number of nitrogens with one attached hydrogen (secondary N) is 1. The minimum Gasteiger partial charge on any atom is -0.295 e. The van der Waals surface area contributed by atoms with Crippen LogP contribution < -0.4 is 5.32 Å². The lowest BCUT2D eigenvalue weighted by atomic mass is 10.2. The molecule has 0 saturated carbocycles. The van der Waals surface area contributed by atoms with Gasteiger partial charge in [0, 0.05) is 10.9 Å². The lowest BCUT2D eigenvalue weighted by Gasteiger charge is -1.97. The van der Waals surface area contributed by atoms with E-state index in [2.05, 4.69) is 20.5 Å². The minimum atomic E-state index is -0.330. The van der Waals surface area contributed by atoms with Crippen molar-refractivity contribution in [1.82, 2.24) is 15.2 Å². The molecule has 22 heavy (non-hydrogen) atoms. The van der Waals surface area contributed by atoms with Crippen LogP contribution in [0.15, 0.2) is 29.6 Å². The number of aromatic nitrogens is 3. The highest BCUT2D eigenvalue weighted by Crippen LogP contribution is 2.24. The van der Waals surface area contributed by atoms with E-state index < -0.39 is 0 Å². The second-order valence-electron chi connectivity index (χ2n) is 4.35. The van der Waals surface area contributed by atoms with Crippen LogP contribution in [0.2, 0.25) is 0 Å². The van der Waals surface area contributed by atoms with Gasteiger partial charge in [-0.15, -0.1) is 21.5 Å². The average Bonchev–Trinajstić information content (AvgIpc) is 3.17. The Morgan fingerprint density at radius 2 is 2.05 bits per heavy atom. The topological polar surface area (TPSA) is 67.8 Å². The number of benzene rings is 1. The number of hydrogen-bond acceptors (Lipinski definition) is 6. The molecule has 3 aromatic rings. The summed E-state index contributed by atoms with van der Waals surface area (Å²) in [7, 11) is 0. The molecular weight excluding hydrogens is 323 g/mol. The molecule has 0 aliphatic carbocycles. The number of rotatable bonds is 4. The van der Waals surface area contributed by atoms with Gasteiger partial charge in [-0.2, -0.15) is 0 Å². The van der Waals surface area contributed by atoms with Crippen molar-refractivity contribution in [3.05, 3.63) is 46.2 Å². The number of thiazole rings is 1. The first-order valence-electron chi connectivity index (χ1n) is 6.51. The van der Waals surface area contributed by atoms with Gasteiger partial charge in [0.1, 0.15) is 21.5 Å². The molecule has 3 rings (SSSR count). The zero-order valence-electron chi connectivity index (χ0n) is 11.5. The minimum absolute atomic E-state index is 0.303. The van der Waals surface area contributed by atoms with Crippen LogP contribution in [0.4, 0.5) is 9.52 Å². The molecule has 1 amide bonds. The highest BCUT2D eigenvalue weighted by atomic mass is 32.1. The van der Waals surface area contributed by atoms with Crippen molar-refractivity contribution in [3.8, 4) is 10.6 Å². The first-order valence-corrected chi connectivity index (χ1v) is 8.20. The number of anilines is 1. The summed E-state index contributed by atoms with van der Waals surface area (Å²) in [5.41, 5.74) is 1.08. The third-order valence-corrected chi connectivity index (χ3v) is 4.69. The number of nitrogens with zero attached hydrogens (tertiary/aromatic N) is 3. The van der Waals surface area contributed by atoms with Crippen LogP contribution in [-0.4, -0.2) is 21.1 Å². The maximum absolute atomic E-state index is 12.9. The smallest absolute Gasteiger partial charge is 0.276 e. The van der Waals surface area contributed by atoms with Gasteiger partial charge in [-0.05, 0) is 30.7 Å². The summed E-state index contributed by atoms with van der Waals surface area (Å²) in [6.07, 6.45) is 0.777. The van der Waals surface area contributed by atoms with Crippen LogP contribution in [0.5, 0.6) is 0 Å². The van der Waals surface area contributed by atoms with E-state index in [0.717, 1.165) is 17.0 Å². The highest BCUT2D eigenvalue weighted by Gasteiger charge is 2.14. The van der Waals surface area contributed by atoms with Crippen LogP contribution >= 0.6 is 22.7 Å². The van der Waals surface area contributed by atoms with Crippen molar-refractivity contribution >= 4 is 33.7 Å². The maximum Gasteiger partial charge on any atom is 0.276 e. The molecule has 0 fully saturated rings. The number of amides is 1. The normalized spacial score (nSPS) is 10.6. The highest BCUT2D eigenvalue weighted by molar-refractivity contribution is 7.15. The summed E-state index contributed by atoms with van der Waals surface area (Å²) >= 11 is 2.67. The van der Waals surface area contributed by atoms with Gasteiger partial charge in [0.05, 0.1) is 0 Å². The van der Waals surface area contributed by atoms with Crippen molar-refractivity contribution in [2.75, 3.05) is 5.32 Å². The van der Waals surface area contributed by atoms with E-state index in [0.29, 0.717) is 15.8 Å². The van der Waals surface area contributed by atoms with Crippen molar-refractivity contribution < 1.29 is 9.18 Å². The van der Waals surface area contributed by atoms with Crippen LogP contribution in [0.25, 0.3) is 10.6 Å². The second kappa shape index (κ2) is 6.29. The first-order chi connectivity index (χ1) is 10.7. The SMILES string of the molecule is CCc1nnc(NC(=O)c2csc(-c3ccc(F)cc3)n2)s1. The number of hydrogen-bond donors (Lipinski definition) is 1. The number of aryl methyl sites for hydroxylation is 1. The molecule has 5 nitrogen and oxygen atoms in total. The monoisotopic (exact) mass is 334 g/mol. The molecule has 2 aromatic heterocycles. The number of carbonyl (C=O) groups is 1. The van der Waals surface area contributed by atoms with Crippen molar-refractivity contribution in [2.45, 2.75) is 13.3 Å². The molecular formula is C14H11FN4OS2. The van der Waals surface area contributed by atoms with Gasteiger partial charge in [0.2, 0.25) is 5.13 Å². The Hall–Kier alpha value is -2.19. The first kappa shape index (κ1) is 14.7. The molecule has 112 valence electrons. The van der Waals surface area contributed by atoms with Gasteiger partial charge in [-0.1, -0.05) is 18.3 Å². The van der Waals surface area contributed by atoms with Gasteiger partial charge in [0.15, 0.2) is 0 Å². The second-order valence-corrected chi connectivity index (χ2v) is 6.27. The fraction of sp³-hybridized carbons (Fsp3) is 0.143. The fourth-order valence-corrected chi connectivity index (χ4v) is 3.19. The summed E-state index contributed by atoms with van der Waals surface area (Å²) in [6.45, 7) is 1.97. The van der Waals surface area contributed by atoms with Crippen LogP contribution in [0.1, 0.15) is 22.4 Å². The molecule has 0 bridgehead atoms. The number of halogens is 1. The Bertz CT molecular complexity index is 797. The quantitative estimate of drug-likeness (QED) is 0.791. The van der Waals surface area contributed by atoms with E-state index in [1.807, 2.05) is 6.92 Å². The van der Waals surface area contributed by atoms with Crippen LogP contribution in [0.3, 0.4) is 0 Å². The third kappa shape index (κ3) is 3.18. The standard InChI is InChI=1S/C14H11FN4OS2/c1-2-11-18-19-14(22-11)17-12(20)10-7-21-13(16-10)8-3-5-9(15)6-4-8/h3-7H,2H2,1H3,(H,17,19,20). The molecule has 1 N–H and O–H groups in total. The van der Waals surface area contributed by atoms with E-state index in [1.54, 1.807) is 17.5 Å². The maximum atomic E-state index is 12.9. The van der Waals surface area contributed by atoms with Crippen LogP contribution in [0, 0.1) is 5.82 Å². The third-order valence-electron chi connectivity index (χ3n) is 2.82. The molecule has 0 saturated heterocycles. The Labute approximate surface area is 133 Å². The predicted molar refractivity (Wildman–Crippen MR) is 84.7 cm³/mol. The average molecular weight is 334 g/mol. The van der Waals surface area contributed by atoms with E-state index in [-0.39, 0.29) is 11.7 Å². The largest absolute Gasteiger partial charge is 0.295 e. The molecule has 8 heteroatoms. The summed E-state index contributed by atoms with van der Waals surface area (Å²) < 4.78 is 12.9. The van der Waals surface area contributed by atoms with E-state index >= 15 is 0 Å². The molecule has 0 aliphatic heterocycles. The molecule has 2 heterocycles. The summed E-state index contributed by atoms with van der Waals surface area (Å²) in [6, 6.07) is 6.00. The van der Waals surface area contributed by atoms with Gasteiger partial charge in [0.25, 0.3) is 5.91 Å². The molecule has 0 aliphatic rings. The van der Waals surface area contributed by atoms with E-state index in [1.165, 1.54) is 34.8 Å². The van der Waals surface area contributed by atoms with Gasteiger partial charge < -0.3 is 0 Å². The lowest BCUT2D eigenvalue weighted by Crippen LogP contribution is -2.12. The zero-order chi connectivity index (χ0) is 15.5. The Balaban J connectivity index is 1.75. The van der Waals surface area contributed by atoms with E-state index in [4.69, 9.17) is 0 Å². The van der Waals surface area contributed by atoms with Gasteiger partial charge in [-0.3, -0.25) is 10.1 Å². The van der Waals surface area contributed by atoms with Crippen LogP contribution in [-0.2, 0) is 6.42 Å². The molecule has 0 unspecified atom stereocenters. The Morgan fingerprint density at radius 1 is 1.27 bits per heavy atom. The number of carbonyl (C=O) groups excluding carboxylic acids is 1.